The van der Waals surface area contributed by atoms with Crippen LogP contribution in [0.25, 0.3) is 10.9 Å². The molecule has 1 amide bonds. The smallest absolute Gasteiger partial charge is 0.253 e. The first-order valence-corrected chi connectivity index (χ1v) is 9.08. The number of rotatable bonds is 4. The van der Waals surface area contributed by atoms with Crippen molar-refractivity contribution >= 4 is 33.3 Å². The third-order valence-electron chi connectivity index (χ3n) is 4.10. The number of aromatic nitrogens is 2. The molecule has 0 saturated carbocycles. The molecule has 0 bridgehead atoms. The Morgan fingerprint density at radius 1 is 1.28 bits per heavy atom. The van der Waals surface area contributed by atoms with E-state index in [0.29, 0.717) is 12.1 Å². The second kappa shape index (κ2) is 7.16. The fraction of sp³-hybridized carbons (Fsp3) is 0.278. The van der Waals surface area contributed by atoms with Crippen LogP contribution in [0.4, 0.5) is 5.13 Å². The summed E-state index contributed by atoms with van der Waals surface area (Å²) in [6.45, 7) is 3.61. The number of pyridine rings is 1. The largest absolute Gasteiger partial charge is 0.378 e. The van der Waals surface area contributed by atoms with Crippen molar-refractivity contribution in [3.8, 4) is 0 Å². The van der Waals surface area contributed by atoms with E-state index in [1.54, 1.807) is 17.5 Å². The van der Waals surface area contributed by atoms with Gasteiger partial charge in [0.2, 0.25) is 0 Å². The molecule has 0 radical (unpaired) electrons. The topological polar surface area (TPSA) is 67.4 Å². The Balaban J connectivity index is 1.40. The summed E-state index contributed by atoms with van der Waals surface area (Å²) in [6.07, 6.45) is 1.61. The molecule has 1 aromatic carbocycles. The summed E-state index contributed by atoms with van der Waals surface area (Å²) in [7, 11) is 0. The maximum absolute atomic E-state index is 12.4. The van der Waals surface area contributed by atoms with Gasteiger partial charge in [-0.25, -0.2) is 4.98 Å². The van der Waals surface area contributed by atoms with Crippen molar-refractivity contribution in [2.24, 2.45) is 0 Å². The lowest BCUT2D eigenvalue weighted by atomic mass is 10.1. The van der Waals surface area contributed by atoms with Crippen molar-refractivity contribution < 1.29 is 9.53 Å². The summed E-state index contributed by atoms with van der Waals surface area (Å²) < 4.78 is 5.36. The summed E-state index contributed by atoms with van der Waals surface area (Å²) in [4.78, 5) is 23.5. The standard InChI is InChI=1S/C18H18N4O2S/c23-17(14-9-13-3-1-2-4-16(13)19-10-14)20-11-15-12-25-18(21-15)22-5-7-24-8-6-22/h1-4,9-10,12H,5-8,11H2,(H,20,23). The van der Waals surface area contributed by atoms with Crippen LogP contribution in [0.5, 0.6) is 0 Å². The van der Waals surface area contributed by atoms with Crippen LogP contribution in [0.3, 0.4) is 0 Å². The van der Waals surface area contributed by atoms with Gasteiger partial charge >= 0.3 is 0 Å². The molecule has 25 heavy (non-hydrogen) atoms. The Bertz CT molecular complexity index is 889. The number of carbonyl (C=O) groups excluding carboxylic acids is 1. The number of benzene rings is 1. The molecule has 3 aromatic rings. The molecule has 0 aliphatic carbocycles. The minimum absolute atomic E-state index is 0.140. The zero-order valence-electron chi connectivity index (χ0n) is 13.6. The van der Waals surface area contributed by atoms with Crippen LogP contribution in [0, 0.1) is 0 Å². The highest BCUT2D eigenvalue weighted by Gasteiger charge is 2.15. The molecule has 0 spiro atoms. The predicted molar refractivity (Wildman–Crippen MR) is 98.1 cm³/mol. The van der Waals surface area contributed by atoms with Crippen LogP contribution in [0.1, 0.15) is 16.1 Å². The van der Waals surface area contributed by atoms with Crippen LogP contribution in [0.2, 0.25) is 0 Å². The molecule has 7 heteroatoms. The number of hydrogen-bond acceptors (Lipinski definition) is 6. The van der Waals surface area contributed by atoms with Gasteiger partial charge in [-0.05, 0) is 12.1 Å². The van der Waals surface area contributed by atoms with E-state index >= 15 is 0 Å². The lowest BCUT2D eigenvalue weighted by molar-refractivity contribution is 0.0950. The number of anilines is 1. The van der Waals surface area contributed by atoms with E-state index in [9.17, 15) is 4.79 Å². The van der Waals surface area contributed by atoms with Crippen LogP contribution >= 0.6 is 11.3 Å². The van der Waals surface area contributed by atoms with Gasteiger partial charge < -0.3 is 15.0 Å². The molecule has 6 nitrogen and oxygen atoms in total. The first-order chi connectivity index (χ1) is 12.3. The molecule has 2 aromatic heterocycles. The number of carbonyl (C=O) groups is 1. The number of thiazole rings is 1. The molecular formula is C18H18N4O2S. The summed E-state index contributed by atoms with van der Waals surface area (Å²) in [6, 6.07) is 9.61. The number of fused-ring (bicyclic) bond motifs is 1. The fourth-order valence-corrected chi connectivity index (χ4v) is 3.62. The normalized spacial score (nSPS) is 14.6. The van der Waals surface area contributed by atoms with E-state index < -0.39 is 0 Å². The van der Waals surface area contributed by atoms with Gasteiger partial charge in [-0.1, -0.05) is 18.2 Å². The highest BCUT2D eigenvalue weighted by atomic mass is 32.1. The lowest BCUT2D eigenvalue weighted by Crippen LogP contribution is -2.36. The number of para-hydroxylation sites is 1. The molecule has 1 aliphatic heterocycles. The molecular weight excluding hydrogens is 336 g/mol. The lowest BCUT2D eigenvalue weighted by Gasteiger charge is -2.26. The third kappa shape index (κ3) is 3.62. The highest BCUT2D eigenvalue weighted by molar-refractivity contribution is 7.13. The Kier molecular flexibility index (Phi) is 4.58. The van der Waals surface area contributed by atoms with Gasteiger partial charge in [-0.3, -0.25) is 9.78 Å². The Morgan fingerprint density at radius 3 is 3.00 bits per heavy atom. The molecule has 1 saturated heterocycles. The van der Waals surface area contributed by atoms with E-state index in [0.717, 1.165) is 48.0 Å². The van der Waals surface area contributed by atoms with Crippen molar-refractivity contribution in [3.05, 3.63) is 53.2 Å². The Morgan fingerprint density at radius 2 is 2.12 bits per heavy atom. The Hall–Kier alpha value is -2.51. The molecule has 0 unspecified atom stereocenters. The molecule has 1 aliphatic rings. The van der Waals surface area contributed by atoms with Gasteiger partial charge in [-0.15, -0.1) is 11.3 Å². The first kappa shape index (κ1) is 16.0. The quantitative estimate of drug-likeness (QED) is 0.779. The summed E-state index contributed by atoms with van der Waals surface area (Å²) >= 11 is 1.60. The predicted octanol–water partition coefficient (Wildman–Crippen LogP) is 2.46. The van der Waals surface area contributed by atoms with Crippen molar-refractivity contribution in [2.75, 3.05) is 31.2 Å². The molecule has 128 valence electrons. The fourth-order valence-electron chi connectivity index (χ4n) is 2.75. The molecule has 1 N–H and O–H groups in total. The number of ether oxygens (including phenoxy) is 1. The van der Waals surface area contributed by atoms with Crippen molar-refractivity contribution in [3.63, 3.8) is 0 Å². The van der Waals surface area contributed by atoms with E-state index in [1.807, 2.05) is 35.7 Å². The zero-order chi connectivity index (χ0) is 17.1. The van der Waals surface area contributed by atoms with Crippen molar-refractivity contribution in [2.45, 2.75) is 6.54 Å². The highest BCUT2D eigenvalue weighted by Crippen LogP contribution is 2.21. The molecule has 3 heterocycles. The average molecular weight is 354 g/mol. The van der Waals surface area contributed by atoms with Gasteiger partial charge in [0, 0.05) is 30.1 Å². The molecule has 4 rings (SSSR count). The van der Waals surface area contributed by atoms with E-state index in [-0.39, 0.29) is 5.91 Å². The van der Waals surface area contributed by atoms with Gasteiger partial charge in [0.25, 0.3) is 5.91 Å². The average Bonchev–Trinajstić information content (AvgIpc) is 3.15. The van der Waals surface area contributed by atoms with E-state index in [1.165, 1.54) is 0 Å². The van der Waals surface area contributed by atoms with Gasteiger partial charge in [0.05, 0.1) is 36.5 Å². The van der Waals surface area contributed by atoms with Crippen molar-refractivity contribution in [1.29, 1.82) is 0 Å². The van der Waals surface area contributed by atoms with Crippen LogP contribution in [-0.2, 0) is 11.3 Å². The number of amides is 1. The minimum atomic E-state index is -0.140. The summed E-state index contributed by atoms with van der Waals surface area (Å²) in [5.41, 5.74) is 2.31. The van der Waals surface area contributed by atoms with Gasteiger partial charge in [0.1, 0.15) is 0 Å². The van der Waals surface area contributed by atoms with Crippen LogP contribution < -0.4 is 10.2 Å². The number of nitrogens with zero attached hydrogens (tertiary/aromatic N) is 3. The second-order valence-corrected chi connectivity index (χ2v) is 6.66. The summed E-state index contributed by atoms with van der Waals surface area (Å²) in [5, 5.41) is 6.85. The van der Waals surface area contributed by atoms with Gasteiger partial charge in [-0.2, -0.15) is 0 Å². The maximum atomic E-state index is 12.4. The zero-order valence-corrected chi connectivity index (χ0v) is 14.5. The van der Waals surface area contributed by atoms with Crippen LogP contribution in [0.15, 0.2) is 41.9 Å². The van der Waals surface area contributed by atoms with Crippen molar-refractivity contribution in [1.82, 2.24) is 15.3 Å². The number of morpholine rings is 1. The third-order valence-corrected chi connectivity index (χ3v) is 5.05. The maximum Gasteiger partial charge on any atom is 0.253 e. The SMILES string of the molecule is O=C(NCc1csc(N2CCOCC2)n1)c1cnc2ccccc2c1. The number of hydrogen-bond donors (Lipinski definition) is 1. The minimum Gasteiger partial charge on any atom is -0.378 e. The summed E-state index contributed by atoms with van der Waals surface area (Å²) in [5.74, 6) is -0.140. The monoisotopic (exact) mass is 354 g/mol. The Labute approximate surface area is 149 Å². The van der Waals surface area contributed by atoms with E-state index in [2.05, 4.69) is 20.2 Å². The molecule has 0 atom stereocenters. The van der Waals surface area contributed by atoms with E-state index in [4.69, 9.17) is 4.74 Å². The number of nitrogens with one attached hydrogen (secondary N) is 1. The van der Waals surface area contributed by atoms with Crippen LogP contribution in [-0.4, -0.2) is 42.2 Å². The first-order valence-electron chi connectivity index (χ1n) is 8.20. The van der Waals surface area contributed by atoms with Gasteiger partial charge in [0.15, 0.2) is 5.13 Å². The second-order valence-electron chi connectivity index (χ2n) is 5.82. The molecule has 1 fully saturated rings.